The summed E-state index contributed by atoms with van der Waals surface area (Å²) in [5.41, 5.74) is 0. The van der Waals surface area contributed by atoms with E-state index in [0.29, 0.717) is 0 Å². The molecule has 19 heavy (non-hydrogen) atoms. The fraction of sp³-hybridized carbons (Fsp3) is 0.143. The van der Waals surface area contributed by atoms with Crippen molar-refractivity contribution >= 4 is 37.2 Å². The van der Waals surface area contributed by atoms with Crippen molar-refractivity contribution < 1.29 is 14.2 Å². The maximum Gasteiger partial charge on any atom is 0.127 e. The molecule has 0 aliphatic carbocycles. The summed E-state index contributed by atoms with van der Waals surface area (Å²) < 4.78 is 15.8. The van der Waals surface area contributed by atoms with Crippen molar-refractivity contribution in [2.24, 2.45) is 0 Å². The van der Waals surface area contributed by atoms with Gasteiger partial charge in [-0.3, -0.25) is 0 Å². The van der Waals surface area contributed by atoms with Crippen LogP contribution in [0.15, 0.2) is 48.5 Å². The monoisotopic (exact) mass is 484 g/mol. The van der Waals surface area contributed by atoms with Crippen LogP contribution in [-0.2, 0) is 0 Å². The van der Waals surface area contributed by atoms with Gasteiger partial charge in [0.2, 0.25) is 0 Å². The summed E-state index contributed by atoms with van der Waals surface area (Å²) in [5.74, 6) is 3.17. The van der Waals surface area contributed by atoms with Crippen LogP contribution in [0.1, 0.15) is 0 Å². The Bertz CT molecular complexity index is 424. The maximum absolute atomic E-state index is 5.67. The Labute approximate surface area is 136 Å². The van der Waals surface area contributed by atoms with E-state index >= 15 is 0 Å². The van der Waals surface area contributed by atoms with Gasteiger partial charge in [0.1, 0.15) is 23.0 Å². The third-order valence-electron chi connectivity index (χ3n) is 2.35. The second-order valence-electron chi connectivity index (χ2n) is 3.45. The first-order valence-corrected chi connectivity index (χ1v) is 11.7. The molecule has 0 bridgehead atoms. The molecule has 0 aromatic heterocycles. The third-order valence-corrected chi connectivity index (χ3v) is 2.35. The van der Waals surface area contributed by atoms with Crippen LogP contribution < -0.4 is 14.2 Å². The van der Waals surface area contributed by atoms with Gasteiger partial charge in [0, 0.05) is 37.2 Å². The Hall–Kier alpha value is -0.700. The molecule has 0 heterocycles. The van der Waals surface area contributed by atoms with Gasteiger partial charge in [-0.05, 0) is 48.5 Å². The van der Waals surface area contributed by atoms with Crippen LogP contribution in [0.25, 0.3) is 0 Å². The molecule has 0 aliphatic heterocycles. The van der Waals surface area contributed by atoms with Crippen molar-refractivity contribution in [2.45, 2.75) is 0 Å². The number of methoxy groups -OCH3 is 2. The van der Waals surface area contributed by atoms with Crippen LogP contribution in [-0.4, -0.2) is 14.2 Å². The molecule has 3 nitrogen and oxygen atoms in total. The second kappa shape index (κ2) is 9.24. The lowest BCUT2D eigenvalue weighted by molar-refractivity contribution is 0.411. The van der Waals surface area contributed by atoms with Gasteiger partial charge in [0.15, 0.2) is 0 Å². The average Bonchev–Trinajstić information content (AvgIpc) is 2.51. The van der Waals surface area contributed by atoms with Gasteiger partial charge < -0.3 is 14.2 Å². The maximum atomic E-state index is 5.67. The summed E-state index contributed by atoms with van der Waals surface area (Å²) in [6, 6.07) is 14.9. The number of benzene rings is 2. The van der Waals surface area contributed by atoms with Crippen LogP contribution in [0, 0.1) is 0 Å². The molecule has 2 aromatic rings. The quantitative estimate of drug-likeness (QED) is 0.554. The molecule has 0 radical (unpaired) electrons. The van der Waals surface area contributed by atoms with Gasteiger partial charge >= 0.3 is 0 Å². The molecular formula is C14H14I2O3. The Kier molecular flexibility index (Phi) is 7.96. The number of rotatable bonds is 4. The molecule has 0 unspecified atom stereocenters. The highest BCUT2D eigenvalue weighted by atomic mass is 128. The summed E-state index contributed by atoms with van der Waals surface area (Å²) in [4.78, 5) is 0. The van der Waals surface area contributed by atoms with Gasteiger partial charge in [0.05, 0.1) is 14.2 Å². The Balaban J connectivity index is 0.000000861. The summed E-state index contributed by atoms with van der Waals surface area (Å²) in [7, 11) is 3.28. The van der Waals surface area contributed by atoms with Crippen molar-refractivity contribution in [1.82, 2.24) is 0 Å². The van der Waals surface area contributed by atoms with E-state index in [1.165, 1.54) is 0 Å². The minimum Gasteiger partial charge on any atom is -0.497 e. The highest BCUT2D eigenvalue weighted by molar-refractivity contribution is 15.0. The van der Waals surface area contributed by atoms with Crippen molar-refractivity contribution in [1.29, 1.82) is 0 Å². The van der Waals surface area contributed by atoms with Crippen LogP contribution in [0.3, 0.4) is 0 Å². The molecule has 0 saturated heterocycles. The summed E-state index contributed by atoms with van der Waals surface area (Å²) >= 11 is 4.24. The molecule has 0 N–H and O–H groups in total. The largest absolute Gasteiger partial charge is 0.497 e. The van der Waals surface area contributed by atoms with Gasteiger partial charge in [-0.25, -0.2) is 0 Å². The zero-order chi connectivity index (χ0) is 14.1. The molecule has 0 saturated carbocycles. The van der Waals surface area contributed by atoms with E-state index in [0.717, 1.165) is 23.0 Å². The van der Waals surface area contributed by atoms with E-state index in [4.69, 9.17) is 14.2 Å². The normalized spacial score (nSPS) is 9.05. The van der Waals surface area contributed by atoms with E-state index in [2.05, 4.69) is 37.2 Å². The first-order valence-electron chi connectivity index (χ1n) is 5.42. The van der Waals surface area contributed by atoms with E-state index in [1.54, 1.807) is 14.2 Å². The predicted molar refractivity (Wildman–Crippen MR) is 94.1 cm³/mol. The second-order valence-corrected chi connectivity index (χ2v) is 3.45. The number of hydrogen-bond donors (Lipinski definition) is 0. The summed E-state index contributed by atoms with van der Waals surface area (Å²) in [6.45, 7) is 0. The van der Waals surface area contributed by atoms with Crippen molar-refractivity contribution in [3.63, 3.8) is 0 Å². The standard InChI is InChI=1S/C14H14O3.I2/c1-15-11-3-7-13(8-4-11)17-14-9-5-12(16-2)6-10-14;1-2/h3-10H,1-2H3;. The smallest absolute Gasteiger partial charge is 0.127 e. The molecule has 2 aromatic carbocycles. The fourth-order valence-corrected chi connectivity index (χ4v) is 1.42. The molecule has 0 amide bonds. The van der Waals surface area contributed by atoms with Gasteiger partial charge in [-0.15, -0.1) is 0 Å². The van der Waals surface area contributed by atoms with Crippen molar-refractivity contribution in [3.05, 3.63) is 48.5 Å². The fourth-order valence-electron chi connectivity index (χ4n) is 1.42. The Morgan fingerprint density at radius 1 is 0.579 bits per heavy atom. The molecule has 0 spiro atoms. The third kappa shape index (κ3) is 5.43. The molecule has 102 valence electrons. The zero-order valence-corrected chi connectivity index (χ0v) is 14.9. The summed E-state index contributed by atoms with van der Waals surface area (Å²) in [5, 5.41) is 0. The van der Waals surface area contributed by atoms with Crippen molar-refractivity contribution in [2.75, 3.05) is 14.2 Å². The van der Waals surface area contributed by atoms with Gasteiger partial charge in [-0.2, -0.15) is 0 Å². The van der Waals surface area contributed by atoms with Crippen LogP contribution in [0.5, 0.6) is 23.0 Å². The molecular weight excluding hydrogens is 470 g/mol. The van der Waals surface area contributed by atoms with Gasteiger partial charge in [-0.1, -0.05) is 0 Å². The topological polar surface area (TPSA) is 27.7 Å². The van der Waals surface area contributed by atoms with Crippen LogP contribution in [0.4, 0.5) is 0 Å². The van der Waals surface area contributed by atoms with Crippen LogP contribution >= 0.6 is 37.2 Å². The lowest BCUT2D eigenvalue weighted by Gasteiger charge is -2.07. The zero-order valence-electron chi connectivity index (χ0n) is 10.6. The lowest BCUT2D eigenvalue weighted by Crippen LogP contribution is -1.86. The number of halogens is 2. The lowest BCUT2D eigenvalue weighted by atomic mass is 10.3. The average molecular weight is 484 g/mol. The van der Waals surface area contributed by atoms with Crippen LogP contribution in [0.2, 0.25) is 0 Å². The first kappa shape index (κ1) is 16.4. The Morgan fingerprint density at radius 2 is 0.842 bits per heavy atom. The summed E-state index contributed by atoms with van der Waals surface area (Å²) in [6.07, 6.45) is 0. The molecule has 5 heteroatoms. The van der Waals surface area contributed by atoms with E-state index < -0.39 is 0 Å². The Morgan fingerprint density at radius 3 is 1.11 bits per heavy atom. The van der Waals surface area contributed by atoms with Gasteiger partial charge in [0.25, 0.3) is 0 Å². The SMILES string of the molecule is COc1ccc(Oc2ccc(OC)cc2)cc1.II. The van der Waals surface area contributed by atoms with E-state index in [-0.39, 0.29) is 0 Å². The van der Waals surface area contributed by atoms with Crippen molar-refractivity contribution in [3.8, 4) is 23.0 Å². The van der Waals surface area contributed by atoms with E-state index in [1.807, 2.05) is 48.5 Å². The predicted octanol–water partition coefficient (Wildman–Crippen LogP) is 5.27. The molecule has 2 rings (SSSR count). The number of ether oxygens (including phenoxy) is 3. The minimum atomic E-state index is 0.774. The molecule has 0 fully saturated rings. The van der Waals surface area contributed by atoms with E-state index in [9.17, 15) is 0 Å². The highest BCUT2D eigenvalue weighted by Crippen LogP contribution is 2.25. The minimum absolute atomic E-state index is 0.774. The molecule has 0 atom stereocenters. The highest BCUT2D eigenvalue weighted by Gasteiger charge is 1.98. The first-order chi connectivity index (χ1) is 9.31. The molecule has 0 aliphatic rings. The number of hydrogen-bond acceptors (Lipinski definition) is 3.